The first-order valence-corrected chi connectivity index (χ1v) is 22.0. The van der Waals surface area contributed by atoms with Crippen LogP contribution in [-0.4, -0.2) is 131 Å². The van der Waals surface area contributed by atoms with Crippen molar-refractivity contribution < 1.29 is 37.8 Å². The molecule has 9 atom stereocenters. The minimum Gasteiger partial charge on any atom is -0.493 e. The zero-order valence-corrected chi connectivity index (χ0v) is 35.7. The molecule has 1 aliphatic heterocycles. The maximum absolute atomic E-state index is 14.3. The van der Waals surface area contributed by atoms with Gasteiger partial charge in [0.25, 0.3) is 5.91 Å². The summed E-state index contributed by atoms with van der Waals surface area (Å²) in [6, 6.07) is 10.1. The van der Waals surface area contributed by atoms with Crippen LogP contribution in [0.1, 0.15) is 69.8 Å². The van der Waals surface area contributed by atoms with E-state index >= 15 is 0 Å². The Morgan fingerprint density at radius 2 is 1.84 bits per heavy atom. The lowest BCUT2D eigenvalue weighted by Crippen LogP contribution is -2.62. The van der Waals surface area contributed by atoms with Gasteiger partial charge in [-0.2, -0.15) is 5.06 Å². The summed E-state index contributed by atoms with van der Waals surface area (Å²) in [4.78, 5) is 38.3. The number of ether oxygens (including phenoxy) is 1. The summed E-state index contributed by atoms with van der Waals surface area (Å²) in [5, 5.41) is 29.4. The normalized spacial score (nSPS) is 27.0. The average molecular weight is 800 g/mol. The number of carbonyl (C=O) groups excluding carboxylic acids is 2. The largest absolute Gasteiger partial charge is 0.493 e. The van der Waals surface area contributed by atoms with Gasteiger partial charge >= 0.3 is 0 Å². The standard InChI is InChI=1S/C42H65N5O8S/c1-11-54-39-27(22-47-38(37(26(3)49)36(24-48)55-47)41(51)44-35-21-30-20-34(25(35)2)42(30,4)5)13-12-14-33(39)28-17-29(19-32(18-28)46(8)9)40(50)43-31(23-45(6)7)15-16-56(10,52)53/h12-14,17-19,25-26,30-31,34-38,48-49H,11,15-16,20-24H2,1-10H3,(H,43,50)(H,44,51)/t25-,26-,30-,31-,34+,35-,36-,37+,38-/m0/s1. The first-order chi connectivity index (χ1) is 26.2. The smallest absolute Gasteiger partial charge is 0.251 e. The molecule has 2 aromatic carbocycles. The number of likely N-dealkylation sites (N-methyl/N-ethyl adjacent to an activating group) is 1. The summed E-state index contributed by atoms with van der Waals surface area (Å²) < 4.78 is 30.3. The number of hydrogen-bond donors (Lipinski definition) is 4. The Morgan fingerprint density at radius 1 is 1.12 bits per heavy atom. The molecule has 1 heterocycles. The third kappa shape index (κ3) is 9.70. The van der Waals surface area contributed by atoms with Crippen molar-refractivity contribution in [2.45, 2.75) is 90.8 Å². The predicted molar refractivity (Wildman–Crippen MR) is 219 cm³/mol. The molecule has 2 bridgehead atoms. The van der Waals surface area contributed by atoms with Crippen molar-refractivity contribution in [3.8, 4) is 16.9 Å². The summed E-state index contributed by atoms with van der Waals surface area (Å²) in [6.45, 7) is 11.0. The van der Waals surface area contributed by atoms with E-state index in [1.807, 2.05) is 69.2 Å². The molecule has 14 heteroatoms. The molecule has 312 valence electrons. The molecule has 6 rings (SSSR count). The zero-order chi connectivity index (χ0) is 41.3. The van der Waals surface area contributed by atoms with Gasteiger partial charge in [-0.1, -0.05) is 39.0 Å². The molecule has 2 aromatic rings. The van der Waals surface area contributed by atoms with E-state index < -0.39 is 40.0 Å². The Hall–Kier alpha value is -3.27. The number of fused-ring (bicyclic) bond motifs is 2. The Labute approximate surface area is 334 Å². The maximum Gasteiger partial charge on any atom is 0.251 e. The first kappa shape index (κ1) is 43.8. The summed E-state index contributed by atoms with van der Waals surface area (Å²) in [7, 11) is 4.32. The molecular weight excluding hydrogens is 735 g/mol. The first-order valence-electron chi connectivity index (χ1n) is 20.0. The van der Waals surface area contributed by atoms with Gasteiger partial charge in [0, 0.05) is 67.3 Å². The molecule has 3 saturated carbocycles. The van der Waals surface area contributed by atoms with Gasteiger partial charge in [0.1, 0.15) is 27.7 Å². The molecular formula is C42H65N5O8S. The van der Waals surface area contributed by atoms with Crippen LogP contribution in [0.25, 0.3) is 11.1 Å². The monoisotopic (exact) mass is 799 g/mol. The third-order valence-electron chi connectivity index (χ3n) is 12.5. The lowest BCUT2D eigenvalue weighted by Gasteiger charge is -2.62. The van der Waals surface area contributed by atoms with Crippen LogP contribution in [0.4, 0.5) is 5.69 Å². The lowest BCUT2D eigenvalue weighted by atomic mass is 9.45. The highest BCUT2D eigenvalue weighted by molar-refractivity contribution is 7.90. The van der Waals surface area contributed by atoms with E-state index in [4.69, 9.17) is 9.57 Å². The van der Waals surface area contributed by atoms with Crippen molar-refractivity contribution in [2.75, 3.05) is 64.9 Å². The Morgan fingerprint density at radius 3 is 2.41 bits per heavy atom. The summed E-state index contributed by atoms with van der Waals surface area (Å²) in [5.74, 6) is 0.693. The van der Waals surface area contributed by atoms with Crippen LogP contribution in [0.5, 0.6) is 5.75 Å². The van der Waals surface area contributed by atoms with Gasteiger partial charge in [-0.3, -0.25) is 14.4 Å². The predicted octanol–water partition coefficient (Wildman–Crippen LogP) is 3.57. The van der Waals surface area contributed by atoms with Crippen LogP contribution in [0.15, 0.2) is 36.4 Å². The number of benzene rings is 2. The van der Waals surface area contributed by atoms with Crippen molar-refractivity contribution >= 4 is 27.3 Å². The number of rotatable bonds is 17. The highest BCUT2D eigenvalue weighted by atomic mass is 32.2. The Bertz CT molecular complexity index is 1820. The number of aliphatic hydroxyl groups excluding tert-OH is 2. The van der Waals surface area contributed by atoms with Gasteiger partial charge in [0.05, 0.1) is 31.6 Å². The Kier molecular flexibility index (Phi) is 13.9. The molecule has 2 amide bonds. The van der Waals surface area contributed by atoms with Crippen LogP contribution >= 0.6 is 0 Å². The minimum absolute atomic E-state index is 0.0134. The SMILES string of the molecule is CCOc1c(CN2O[C@@H](CO)[C@@H]([C@H](C)O)[C@H]2C(=O)N[C@H]2C[C@@H]3C[C@H]([C@@H]2C)C3(C)C)cccc1-c1cc(C(=O)N[C@@H](CCS(C)(=O)=O)CN(C)C)cc(N(C)C)c1. The molecule has 13 nitrogen and oxygen atoms in total. The molecule has 0 spiro atoms. The van der Waals surface area contributed by atoms with Crippen LogP contribution in [-0.2, 0) is 26.0 Å². The topological polar surface area (TPSA) is 161 Å². The quantitative estimate of drug-likeness (QED) is 0.185. The fourth-order valence-corrected chi connectivity index (χ4v) is 10.0. The number of sulfone groups is 1. The number of amides is 2. The molecule has 4 fully saturated rings. The summed E-state index contributed by atoms with van der Waals surface area (Å²) in [6.07, 6.45) is 1.86. The highest BCUT2D eigenvalue weighted by Gasteiger charge is 2.57. The van der Waals surface area contributed by atoms with Gasteiger partial charge in [-0.15, -0.1) is 0 Å². The second-order valence-electron chi connectivity index (χ2n) is 17.5. The van der Waals surface area contributed by atoms with E-state index in [0.717, 1.165) is 28.8 Å². The van der Waals surface area contributed by atoms with Crippen molar-refractivity contribution in [2.24, 2.45) is 29.1 Å². The van der Waals surface area contributed by atoms with E-state index in [2.05, 4.69) is 31.4 Å². The van der Waals surface area contributed by atoms with E-state index in [9.17, 15) is 28.2 Å². The summed E-state index contributed by atoms with van der Waals surface area (Å²) in [5.41, 5.74) is 3.64. The van der Waals surface area contributed by atoms with E-state index in [-0.39, 0.29) is 48.6 Å². The van der Waals surface area contributed by atoms with Crippen LogP contribution < -0.4 is 20.3 Å². The third-order valence-corrected chi connectivity index (χ3v) is 13.5. The van der Waals surface area contributed by atoms with Crippen molar-refractivity contribution in [3.05, 3.63) is 47.5 Å². The number of carbonyl (C=O) groups is 2. The number of aliphatic hydroxyl groups is 2. The van der Waals surface area contributed by atoms with Crippen molar-refractivity contribution in [3.63, 3.8) is 0 Å². The van der Waals surface area contributed by atoms with Crippen LogP contribution in [0, 0.1) is 29.1 Å². The molecule has 0 radical (unpaired) electrons. The summed E-state index contributed by atoms with van der Waals surface area (Å²) >= 11 is 0. The fourth-order valence-electron chi connectivity index (χ4n) is 9.33. The minimum atomic E-state index is -3.22. The molecule has 1 saturated heterocycles. The number of nitrogens with one attached hydrogen (secondary N) is 2. The van der Waals surface area contributed by atoms with E-state index in [1.54, 1.807) is 24.1 Å². The van der Waals surface area contributed by atoms with Gasteiger partial charge in [0.15, 0.2) is 0 Å². The average Bonchev–Trinajstić information content (AvgIpc) is 3.49. The van der Waals surface area contributed by atoms with E-state index in [0.29, 0.717) is 42.2 Å². The number of anilines is 1. The molecule has 56 heavy (non-hydrogen) atoms. The van der Waals surface area contributed by atoms with Gasteiger partial charge in [-0.25, -0.2) is 8.42 Å². The molecule has 3 aliphatic carbocycles. The number of nitrogens with zero attached hydrogens (tertiary/aromatic N) is 3. The molecule has 4 N–H and O–H groups in total. The second kappa shape index (κ2) is 17.7. The fraction of sp³-hybridized carbons (Fsp3) is 0.667. The van der Waals surface area contributed by atoms with E-state index in [1.165, 1.54) is 12.7 Å². The van der Waals surface area contributed by atoms with Crippen molar-refractivity contribution in [1.29, 1.82) is 0 Å². The lowest BCUT2D eigenvalue weighted by molar-refractivity contribution is -0.183. The van der Waals surface area contributed by atoms with Crippen LogP contribution in [0.3, 0.4) is 0 Å². The maximum atomic E-state index is 14.3. The van der Waals surface area contributed by atoms with Gasteiger partial charge < -0.3 is 35.4 Å². The number of hydroxylamine groups is 2. The van der Waals surface area contributed by atoms with Gasteiger partial charge in [0.2, 0.25) is 5.91 Å². The second-order valence-corrected chi connectivity index (χ2v) is 19.7. The Balaban J connectivity index is 1.47. The van der Waals surface area contributed by atoms with Crippen LogP contribution in [0.2, 0.25) is 0 Å². The molecule has 4 aliphatic rings. The molecule has 0 unspecified atom stereocenters. The van der Waals surface area contributed by atoms with Crippen molar-refractivity contribution in [1.82, 2.24) is 20.6 Å². The highest BCUT2D eigenvalue weighted by Crippen LogP contribution is 2.61. The number of para-hydroxylation sites is 1. The van der Waals surface area contributed by atoms with Gasteiger partial charge in [-0.05, 0) is 94.1 Å². The zero-order valence-electron chi connectivity index (χ0n) is 34.9. The molecule has 0 aromatic heterocycles. The number of hydrogen-bond acceptors (Lipinski definition) is 11.